The Hall–Kier alpha value is -0.580. The molecule has 0 bridgehead atoms. The average Bonchev–Trinajstić information content (AvgIpc) is 2.18. The molecule has 0 N–H and O–H groups in total. The first-order chi connectivity index (χ1) is 7.61. The molecule has 1 fully saturated rings. The number of carbonyl (C=O) groups excluding carboxylic acids is 1. The highest BCUT2D eigenvalue weighted by atomic mass is 127. The van der Waals surface area contributed by atoms with Crippen molar-refractivity contribution in [2.24, 2.45) is 0 Å². The zero-order valence-corrected chi connectivity index (χ0v) is 11.8. The highest BCUT2D eigenvalue weighted by Crippen LogP contribution is 2.26. The monoisotopic (exact) mass is 329 g/mol. The molecule has 1 saturated carbocycles. The number of rotatable bonds is 2. The Labute approximate surface area is 110 Å². The molecule has 1 aliphatic rings. The van der Waals surface area contributed by atoms with E-state index in [9.17, 15) is 4.79 Å². The Balaban J connectivity index is 2.22. The van der Waals surface area contributed by atoms with Crippen molar-refractivity contribution in [2.45, 2.75) is 32.2 Å². The van der Waals surface area contributed by atoms with Gasteiger partial charge < -0.3 is 4.90 Å². The van der Waals surface area contributed by atoms with E-state index in [4.69, 9.17) is 0 Å². The molecular formula is C13H16INO. The first-order valence-electron chi connectivity index (χ1n) is 5.63. The molecule has 0 unspecified atom stereocenters. The van der Waals surface area contributed by atoms with Crippen molar-refractivity contribution in [1.82, 2.24) is 4.90 Å². The van der Waals surface area contributed by atoms with Crippen LogP contribution in [-0.2, 0) is 0 Å². The summed E-state index contributed by atoms with van der Waals surface area (Å²) in [6.45, 7) is 2.02. The molecule has 0 spiro atoms. The first-order valence-corrected chi connectivity index (χ1v) is 6.71. The SMILES string of the molecule is Cc1c(I)cccc1C(=O)N(C)C1CCC1. The Kier molecular flexibility index (Phi) is 3.52. The van der Waals surface area contributed by atoms with Gasteiger partial charge in [0.1, 0.15) is 0 Å². The minimum atomic E-state index is 0.167. The van der Waals surface area contributed by atoms with Crippen molar-refractivity contribution in [3.05, 3.63) is 32.9 Å². The third kappa shape index (κ3) is 2.10. The first kappa shape index (κ1) is 11.9. The number of benzene rings is 1. The van der Waals surface area contributed by atoms with Crippen LogP contribution in [0.3, 0.4) is 0 Å². The third-order valence-corrected chi connectivity index (χ3v) is 4.61. The van der Waals surface area contributed by atoms with Gasteiger partial charge in [-0.3, -0.25) is 4.79 Å². The second-order valence-electron chi connectivity index (χ2n) is 4.41. The van der Waals surface area contributed by atoms with Gasteiger partial charge >= 0.3 is 0 Å². The van der Waals surface area contributed by atoms with Crippen molar-refractivity contribution in [3.8, 4) is 0 Å². The average molecular weight is 329 g/mol. The Bertz CT molecular complexity index is 412. The zero-order chi connectivity index (χ0) is 11.7. The summed E-state index contributed by atoms with van der Waals surface area (Å²) >= 11 is 2.28. The molecular weight excluding hydrogens is 313 g/mol. The fourth-order valence-corrected chi connectivity index (χ4v) is 2.47. The van der Waals surface area contributed by atoms with Gasteiger partial charge in [-0.15, -0.1) is 0 Å². The van der Waals surface area contributed by atoms with Crippen molar-refractivity contribution >= 4 is 28.5 Å². The van der Waals surface area contributed by atoms with Crippen LogP contribution in [-0.4, -0.2) is 23.9 Å². The van der Waals surface area contributed by atoms with E-state index in [2.05, 4.69) is 22.6 Å². The summed E-state index contributed by atoms with van der Waals surface area (Å²) in [5, 5.41) is 0. The number of nitrogens with zero attached hydrogens (tertiary/aromatic N) is 1. The van der Waals surface area contributed by atoms with Crippen LogP contribution in [0, 0.1) is 10.5 Å². The normalized spacial score (nSPS) is 15.7. The summed E-state index contributed by atoms with van der Waals surface area (Å²) < 4.78 is 1.16. The number of hydrogen-bond acceptors (Lipinski definition) is 1. The fraction of sp³-hybridized carbons (Fsp3) is 0.462. The van der Waals surface area contributed by atoms with Gasteiger partial charge in [-0.1, -0.05) is 6.07 Å². The molecule has 0 aliphatic heterocycles. The number of hydrogen-bond donors (Lipinski definition) is 0. The molecule has 3 heteroatoms. The molecule has 16 heavy (non-hydrogen) atoms. The molecule has 1 aromatic carbocycles. The summed E-state index contributed by atoms with van der Waals surface area (Å²) in [7, 11) is 1.92. The number of amides is 1. The van der Waals surface area contributed by atoms with Gasteiger partial charge in [0.05, 0.1) is 0 Å². The molecule has 0 aromatic heterocycles. The number of halogens is 1. The van der Waals surface area contributed by atoms with E-state index in [1.54, 1.807) is 0 Å². The van der Waals surface area contributed by atoms with Crippen molar-refractivity contribution in [2.75, 3.05) is 7.05 Å². The Morgan fingerprint density at radius 1 is 1.44 bits per heavy atom. The Morgan fingerprint density at radius 3 is 2.69 bits per heavy atom. The van der Waals surface area contributed by atoms with Crippen LogP contribution in [0.4, 0.5) is 0 Å². The van der Waals surface area contributed by atoms with Gasteiger partial charge in [-0.2, -0.15) is 0 Å². The summed E-state index contributed by atoms with van der Waals surface area (Å²) in [5.74, 6) is 0.167. The van der Waals surface area contributed by atoms with Gasteiger partial charge in [0.2, 0.25) is 0 Å². The van der Waals surface area contributed by atoms with Crippen molar-refractivity contribution in [3.63, 3.8) is 0 Å². The van der Waals surface area contributed by atoms with Crippen LogP contribution in [0.25, 0.3) is 0 Å². The van der Waals surface area contributed by atoms with Gasteiger partial charge in [0.15, 0.2) is 0 Å². The Morgan fingerprint density at radius 2 is 2.12 bits per heavy atom. The van der Waals surface area contributed by atoms with E-state index in [1.165, 1.54) is 6.42 Å². The molecule has 1 aliphatic carbocycles. The van der Waals surface area contributed by atoms with Crippen LogP contribution in [0.2, 0.25) is 0 Å². The maximum Gasteiger partial charge on any atom is 0.254 e. The molecule has 1 amide bonds. The molecule has 0 heterocycles. The van der Waals surface area contributed by atoms with Gasteiger partial charge in [0, 0.05) is 22.2 Å². The van der Waals surface area contributed by atoms with Crippen LogP contribution in [0.1, 0.15) is 35.2 Å². The summed E-state index contributed by atoms with van der Waals surface area (Å²) in [4.78, 5) is 14.2. The van der Waals surface area contributed by atoms with Crippen molar-refractivity contribution < 1.29 is 4.79 Å². The topological polar surface area (TPSA) is 20.3 Å². The smallest absolute Gasteiger partial charge is 0.254 e. The second kappa shape index (κ2) is 4.73. The molecule has 0 atom stereocenters. The predicted octanol–water partition coefficient (Wildman–Crippen LogP) is 3.22. The van der Waals surface area contributed by atoms with Crippen LogP contribution >= 0.6 is 22.6 Å². The lowest BCUT2D eigenvalue weighted by atomic mass is 9.91. The van der Waals surface area contributed by atoms with Gasteiger partial charge in [-0.25, -0.2) is 0 Å². The minimum absolute atomic E-state index is 0.167. The lowest BCUT2D eigenvalue weighted by Gasteiger charge is -2.35. The molecule has 86 valence electrons. The standard InChI is InChI=1S/C13H16INO/c1-9-11(7-4-8-12(9)14)13(16)15(2)10-5-3-6-10/h4,7-8,10H,3,5-6H2,1-2H3. The van der Waals surface area contributed by atoms with Crippen LogP contribution in [0.15, 0.2) is 18.2 Å². The zero-order valence-electron chi connectivity index (χ0n) is 9.66. The predicted molar refractivity (Wildman–Crippen MR) is 73.6 cm³/mol. The van der Waals surface area contributed by atoms with E-state index < -0.39 is 0 Å². The molecule has 2 nitrogen and oxygen atoms in total. The summed E-state index contributed by atoms with van der Waals surface area (Å²) in [6, 6.07) is 6.38. The lowest BCUT2D eigenvalue weighted by molar-refractivity contribution is 0.0651. The lowest BCUT2D eigenvalue weighted by Crippen LogP contribution is -2.41. The second-order valence-corrected chi connectivity index (χ2v) is 5.58. The maximum atomic E-state index is 12.3. The van der Waals surface area contributed by atoms with Crippen molar-refractivity contribution in [1.29, 1.82) is 0 Å². The van der Waals surface area contributed by atoms with E-state index in [0.717, 1.165) is 27.5 Å². The highest BCUT2D eigenvalue weighted by Gasteiger charge is 2.27. The van der Waals surface area contributed by atoms with E-state index in [1.807, 2.05) is 37.1 Å². The van der Waals surface area contributed by atoms with Gasteiger partial charge in [0.25, 0.3) is 5.91 Å². The van der Waals surface area contributed by atoms with E-state index >= 15 is 0 Å². The van der Waals surface area contributed by atoms with E-state index in [-0.39, 0.29) is 5.91 Å². The van der Waals surface area contributed by atoms with Crippen LogP contribution < -0.4 is 0 Å². The summed E-state index contributed by atoms with van der Waals surface area (Å²) in [5.41, 5.74) is 1.94. The number of carbonyl (C=O) groups is 1. The van der Waals surface area contributed by atoms with E-state index in [0.29, 0.717) is 6.04 Å². The largest absolute Gasteiger partial charge is 0.339 e. The van der Waals surface area contributed by atoms with Crippen LogP contribution in [0.5, 0.6) is 0 Å². The molecule has 0 saturated heterocycles. The molecule has 0 radical (unpaired) electrons. The maximum absolute atomic E-state index is 12.3. The minimum Gasteiger partial charge on any atom is -0.339 e. The van der Waals surface area contributed by atoms with Gasteiger partial charge in [-0.05, 0) is 66.5 Å². The fourth-order valence-electron chi connectivity index (χ4n) is 1.97. The third-order valence-electron chi connectivity index (χ3n) is 3.44. The summed E-state index contributed by atoms with van der Waals surface area (Å²) in [6.07, 6.45) is 3.57. The highest BCUT2D eigenvalue weighted by molar-refractivity contribution is 14.1. The molecule has 1 aromatic rings. The quantitative estimate of drug-likeness (QED) is 0.763. The molecule has 2 rings (SSSR count).